The number of carbonyl (C=O) groups excluding carboxylic acids is 2. The van der Waals surface area contributed by atoms with E-state index in [4.69, 9.17) is 10.2 Å². The van der Waals surface area contributed by atoms with E-state index in [1.165, 1.54) is 0 Å². The molecule has 3 amide bonds. The summed E-state index contributed by atoms with van der Waals surface area (Å²) in [6.45, 7) is 7.31. The standard InChI is InChI=1S/C28H37N3O5/c1-28(2,3)21-8-12-23(13-9-21)31(27(36)30-22-10-14-24(32)15-11-22)18-19-4-6-20(7-5-19)26(35)29-17-16-25(33)34/h4-7,10-11,14-15,21,23,32H,8-9,12-13,16-18H2,1-3H3,(H,29,35)(H,30,36)(H,33,34)/p+1. The van der Waals surface area contributed by atoms with Crippen molar-refractivity contribution in [2.75, 3.05) is 11.9 Å². The van der Waals surface area contributed by atoms with Crippen LogP contribution in [-0.2, 0) is 11.3 Å². The van der Waals surface area contributed by atoms with E-state index < -0.39 is 5.97 Å². The zero-order valence-corrected chi connectivity index (χ0v) is 21.3. The molecule has 2 aromatic carbocycles. The van der Waals surface area contributed by atoms with Crippen LogP contribution < -0.4 is 10.6 Å². The number of hydrogen-bond acceptors (Lipinski definition) is 3. The summed E-state index contributed by atoms with van der Waals surface area (Å²) in [7, 11) is 0. The van der Waals surface area contributed by atoms with Gasteiger partial charge in [0.1, 0.15) is 0 Å². The summed E-state index contributed by atoms with van der Waals surface area (Å²) in [5, 5.41) is 22.0. The van der Waals surface area contributed by atoms with E-state index in [0.29, 0.717) is 29.5 Å². The molecule has 0 heterocycles. The Bertz CT molecular complexity index is 1040. The van der Waals surface area contributed by atoms with E-state index >= 15 is 0 Å². The second-order valence-corrected chi connectivity index (χ2v) is 10.6. The number of nitrogens with zero attached hydrogens (tertiary/aromatic N) is 1. The molecule has 0 saturated heterocycles. The fraction of sp³-hybridized carbons (Fsp3) is 0.464. The molecule has 1 aliphatic rings. The van der Waals surface area contributed by atoms with Crippen molar-refractivity contribution < 1.29 is 24.6 Å². The van der Waals surface area contributed by atoms with Gasteiger partial charge in [-0.15, -0.1) is 0 Å². The highest BCUT2D eigenvalue weighted by Gasteiger charge is 2.33. The van der Waals surface area contributed by atoms with Crippen molar-refractivity contribution in [1.29, 1.82) is 0 Å². The van der Waals surface area contributed by atoms with Crippen LogP contribution in [-0.4, -0.2) is 45.6 Å². The molecule has 8 heteroatoms. The number of aliphatic carboxylic acids is 1. The number of carboxylic acid groups (broad SMARTS) is 1. The SMILES string of the molecule is CC(C)(C)C1CCC(N(Cc2ccc(C(=O)NCCC(=O)O)cc2)C(=O)Nc2ccc([OH2+])cc2)CC1. The quantitative estimate of drug-likeness (QED) is 0.447. The van der Waals surface area contributed by atoms with E-state index in [-0.39, 0.29) is 36.4 Å². The van der Waals surface area contributed by atoms with E-state index in [2.05, 4.69) is 31.4 Å². The van der Waals surface area contributed by atoms with E-state index in [9.17, 15) is 14.4 Å². The average Bonchev–Trinajstić information content (AvgIpc) is 2.83. The maximum absolute atomic E-state index is 13.4. The Morgan fingerprint density at radius 3 is 2.14 bits per heavy atom. The highest BCUT2D eigenvalue weighted by molar-refractivity contribution is 5.94. The fourth-order valence-electron chi connectivity index (χ4n) is 4.71. The van der Waals surface area contributed by atoms with Gasteiger partial charge in [0, 0.05) is 42.5 Å². The molecular weight excluding hydrogens is 458 g/mol. The molecular formula is C28H38N3O5+. The topological polar surface area (TPSA) is 122 Å². The number of hydrogen-bond donors (Lipinski definition) is 3. The predicted octanol–water partition coefficient (Wildman–Crippen LogP) is 4.97. The molecule has 0 radical (unpaired) electrons. The van der Waals surface area contributed by atoms with Gasteiger partial charge >= 0.3 is 12.0 Å². The number of nitrogens with one attached hydrogen (secondary N) is 2. The molecule has 5 N–H and O–H groups in total. The maximum atomic E-state index is 13.4. The Balaban J connectivity index is 1.71. The van der Waals surface area contributed by atoms with Crippen LogP contribution in [0.2, 0.25) is 0 Å². The molecule has 2 aromatic rings. The zero-order valence-electron chi connectivity index (χ0n) is 21.3. The summed E-state index contributed by atoms with van der Waals surface area (Å²) < 4.78 is 0. The molecule has 3 rings (SSSR count). The monoisotopic (exact) mass is 496 g/mol. The van der Waals surface area contributed by atoms with E-state index in [0.717, 1.165) is 31.2 Å². The van der Waals surface area contributed by atoms with Gasteiger partial charge in [-0.25, -0.2) is 4.79 Å². The molecule has 36 heavy (non-hydrogen) atoms. The lowest BCUT2D eigenvalue weighted by Gasteiger charge is -2.41. The van der Waals surface area contributed by atoms with Crippen molar-refractivity contribution in [1.82, 2.24) is 10.2 Å². The molecule has 1 saturated carbocycles. The molecule has 0 unspecified atom stereocenters. The van der Waals surface area contributed by atoms with Gasteiger partial charge in [0.15, 0.2) is 0 Å². The summed E-state index contributed by atoms with van der Waals surface area (Å²) in [5.74, 6) is -0.272. The van der Waals surface area contributed by atoms with Gasteiger partial charge < -0.3 is 25.7 Å². The van der Waals surface area contributed by atoms with Gasteiger partial charge in [-0.1, -0.05) is 32.9 Å². The lowest BCUT2D eigenvalue weighted by atomic mass is 9.71. The Labute approximate surface area is 212 Å². The first-order valence-corrected chi connectivity index (χ1v) is 12.5. The minimum Gasteiger partial charge on any atom is -0.593 e. The summed E-state index contributed by atoms with van der Waals surface area (Å²) in [6, 6.07) is 13.8. The van der Waals surface area contributed by atoms with Crippen LogP contribution in [0.15, 0.2) is 48.5 Å². The molecule has 8 nitrogen and oxygen atoms in total. The molecule has 194 valence electrons. The Hall–Kier alpha value is -3.55. The molecule has 0 bridgehead atoms. The second-order valence-electron chi connectivity index (χ2n) is 10.6. The largest absolute Gasteiger partial charge is 0.593 e. The van der Waals surface area contributed by atoms with E-state index in [1.807, 2.05) is 17.0 Å². The van der Waals surface area contributed by atoms with Crippen molar-refractivity contribution >= 4 is 23.6 Å². The van der Waals surface area contributed by atoms with Gasteiger partial charge in [0.2, 0.25) is 0 Å². The first kappa shape index (κ1) is 27.0. The van der Waals surface area contributed by atoms with Crippen LogP contribution in [0.4, 0.5) is 10.5 Å². The maximum Gasteiger partial charge on any atom is 0.322 e. The number of carboxylic acids is 1. The number of rotatable bonds is 8. The summed E-state index contributed by atoms with van der Waals surface area (Å²) in [5.41, 5.74) is 2.25. The van der Waals surface area contributed by atoms with Gasteiger partial charge in [-0.2, -0.15) is 0 Å². The van der Waals surface area contributed by atoms with Crippen molar-refractivity contribution in [3.8, 4) is 5.75 Å². The Kier molecular flexibility index (Phi) is 8.96. The number of carbonyl (C=O) groups is 3. The molecule has 0 spiro atoms. The molecule has 0 aliphatic heterocycles. The first-order chi connectivity index (χ1) is 17.0. The highest BCUT2D eigenvalue weighted by atomic mass is 16.4. The molecule has 0 aromatic heterocycles. The van der Waals surface area contributed by atoms with Crippen molar-refractivity contribution in [3.63, 3.8) is 0 Å². The lowest BCUT2D eigenvalue weighted by Crippen LogP contribution is -2.45. The van der Waals surface area contributed by atoms with Crippen molar-refractivity contribution in [2.24, 2.45) is 11.3 Å². The Morgan fingerprint density at radius 1 is 0.972 bits per heavy atom. The number of benzene rings is 2. The third kappa shape index (κ3) is 7.73. The van der Waals surface area contributed by atoms with Crippen LogP contribution in [0.3, 0.4) is 0 Å². The summed E-state index contributed by atoms with van der Waals surface area (Å²) in [6.07, 6.45) is 3.88. The average molecular weight is 497 g/mol. The van der Waals surface area contributed by atoms with E-state index in [1.54, 1.807) is 36.4 Å². The number of amides is 3. The Morgan fingerprint density at radius 2 is 1.58 bits per heavy atom. The normalized spacial score (nSPS) is 17.8. The smallest absolute Gasteiger partial charge is 0.322 e. The lowest BCUT2D eigenvalue weighted by molar-refractivity contribution is -0.136. The first-order valence-electron chi connectivity index (χ1n) is 12.5. The predicted molar refractivity (Wildman–Crippen MR) is 140 cm³/mol. The third-order valence-corrected chi connectivity index (χ3v) is 6.95. The van der Waals surface area contributed by atoms with Crippen molar-refractivity contribution in [2.45, 2.75) is 65.5 Å². The van der Waals surface area contributed by atoms with Crippen molar-refractivity contribution in [3.05, 3.63) is 59.7 Å². The van der Waals surface area contributed by atoms with Crippen LogP contribution in [0.25, 0.3) is 0 Å². The second kappa shape index (κ2) is 11.9. The minimum atomic E-state index is -0.962. The summed E-state index contributed by atoms with van der Waals surface area (Å²) >= 11 is 0. The fourth-order valence-corrected chi connectivity index (χ4v) is 4.71. The van der Waals surface area contributed by atoms with Gasteiger partial charge in [-0.05, 0) is 66.8 Å². The summed E-state index contributed by atoms with van der Waals surface area (Å²) in [4.78, 5) is 38.2. The highest BCUT2D eigenvalue weighted by Crippen LogP contribution is 2.39. The van der Waals surface area contributed by atoms with Crippen LogP contribution in [0, 0.1) is 11.3 Å². The molecule has 1 aliphatic carbocycles. The van der Waals surface area contributed by atoms with Gasteiger partial charge in [-0.3, -0.25) is 9.59 Å². The zero-order chi connectivity index (χ0) is 26.3. The third-order valence-electron chi connectivity index (χ3n) is 6.95. The van der Waals surface area contributed by atoms with Gasteiger partial charge in [0.05, 0.1) is 6.42 Å². The van der Waals surface area contributed by atoms with Gasteiger partial charge in [0.25, 0.3) is 11.7 Å². The minimum absolute atomic E-state index is 0.0717. The molecule has 0 atom stereocenters. The number of urea groups is 1. The molecule has 1 fully saturated rings. The van der Waals surface area contributed by atoms with Crippen LogP contribution >= 0.6 is 0 Å². The van der Waals surface area contributed by atoms with Crippen LogP contribution in [0.1, 0.15) is 68.8 Å². The van der Waals surface area contributed by atoms with Crippen LogP contribution in [0.5, 0.6) is 5.75 Å². The number of anilines is 1.